The minimum atomic E-state index is 0.379. The molecule has 1 fully saturated rings. The Labute approximate surface area is 129 Å². The molecule has 21 heavy (non-hydrogen) atoms. The van der Waals surface area contributed by atoms with Gasteiger partial charge in [0.15, 0.2) is 0 Å². The zero-order valence-electron chi connectivity index (χ0n) is 13.4. The molecule has 3 heteroatoms. The van der Waals surface area contributed by atoms with Gasteiger partial charge in [0, 0.05) is 30.9 Å². The van der Waals surface area contributed by atoms with E-state index in [1.807, 2.05) is 0 Å². The number of benzene rings is 1. The summed E-state index contributed by atoms with van der Waals surface area (Å²) in [5.74, 6) is 0.998. The van der Waals surface area contributed by atoms with Crippen LogP contribution in [0.3, 0.4) is 0 Å². The molecule has 0 bridgehead atoms. The van der Waals surface area contributed by atoms with Crippen LogP contribution in [0.1, 0.15) is 51.9 Å². The van der Waals surface area contributed by atoms with Crippen molar-refractivity contribution in [2.24, 2.45) is 5.73 Å². The first-order valence-corrected chi connectivity index (χ1v) is 8.53. The lowest BCUT2D eigenvalue weighted by atomic mass is 10.1. The molecular weight excluding hydrogens is 260 g/mol. The molecule has 0 aliphatic carbocycles. The highest BCUT2D eigenvalue weighted by atomic mass is 16.5. The molecule has 1 aliphatic heterocycles. The summed E-state index contributed by atoms with van der Waals surface area (Å²) in [5.41, 5.74) is 7.24. The summed E-state index contributed by atoms with van der Waals surface area (Å²) in [5, 5.41) is 0. The minimum absolute atomic E-state index is 0.379. The Kier molecular flexibility index (Phi) is 6.87. The Bertz CT molecular complexity index is 400. The van der Waals surface area contributed by atoms with Crippen molar-refractivity contribution in [2.75, 3.05) is 24.6 Å². The van der Waals surface area contributed by atoms with Crippen LogP contribution >= 0.6 is 0 Å². The molecule has 2 N–H and O–H groups in total. The highest BCUT2D eigenvalue weighted by Gasteiger charge is 2.16. The molecule has 0 radical (unpaired) electrons. The number of rotatable bonds is 8. The molecule has 1 heterocycles. The summed E-state index contributed by atoms with van der Waals surface area (Å²) < 4.78 is 5.89. The zero-order valence-corrected chi connectivity index (χ0v) is 13.4. The quantitative estimate of drug-likeness (QED) is 0.736. The van der Waals surface area contributed by atoms with E-state index in [0.717, 1.165) is 44.7 Å². The van der Waals surface area contributed by atoms with Crippen LogP contribution < -0.4 is 15.4 Å². The molecule has 0 spiro atoms. The molecular formula is C18H30N2O. The maximum absolute atomic E-state index is 5.97. The van der Waals surface area contributed by atoms with E-state index in [1.54, 1.807) is 0 Å². The number of hydrogen-bond acceptors (Lipinski definition) is 3. The van der Waals surface area contributed by atoms with Gasteiger partial charge in [-0.05, 0) is 31.4 Å². The summed E-state index contributed by atoms with van der Waals surface area (Å²) in [7, 11) is 0. The monoisotopic (exact) mass is 290 g/mol. The van der Waals surface area contributed by atoms with Crippen LogP contribution in [-0.2, 0) is 0 Å². The van der Waals surface area contributed by atoms with E-state index >= 15 is 0 Å². The predicted molar refractivity (Wildman–Crippen MR) is 90.1 cm³/mol. The van der Waals surface area contributed by atoms with Gasteiger partial charge in [-0.25, -0.2) is 0 Å². The number of nitrogens with two attached hydrogens (primary N) is 1. The van der Waals surface area contributed by atoms with Gasteiger partial charge in [0.05, 0.1) is 6.61 Å². The van der Waals surface area contributed by atoms with E-state index < -0.39 is 0 Å². The fourth-order valence-corrected chi connectivity index (χ4v) is 2.82. The first kappa shape index (κ1) is 16.2. The molecule has 118 valence electrons. The maximum atomic E-state index is 5.97. The number of piperidine rings is 1. The molecule has 2 rings (SSSR count). The molecule has 3 nitrogen and oxygen atoms in total. The number of ether oxygens (including phenoxy) is 1. The summed E-state index contributed by atoms with van der Waals surface area (Å²) in [6, 6.07) is 8.87. The second-order valence-corrected chi connectivity index (χ2v) is 6.08. The molecule has 0 unspecified atom stereocenters. The van der Waals surface area contributed by atoms with Crippen LogP contribution in [0, 0.1) is 0 Å². The van der Waals surface area contributed by atoms with E-state index in [1.165, 1.54) is 31.4 Å². The summed E-state index contributed by atoms with van der Waals surface area (Å²) in [4.78, 5) is 2.41. The third kappa shape index (κ3) is 5.58. The van der Waals surface area contributed by atoms with Gasteiger partial charge in [-0.2, -0.15) is 0 Å². The van der Waals surface area contributed by atoms with Crippen LogP contribution in [0.5, 0.6) is 5.75 Å². The molecule has 1 aromatic carbocycles. The summed E-state index contributed by atoms with van der Waals surface area (Å²) >= 11 is 0. The van der Waals surface area contributed by atoms with E-state index in [2.05, 4.69) is 36.1 Å². The first-order chi connectivity index (χ1) is 10.3. The van der Waals surface area contributed by atoms with Crippen molar-refractivity contribution in [3.8, 4) is 5.75 Å². The Morgan fingerprint density at radius 1 is 1.14 bits per heavy atom. The van der Waals surface area contributed by atoms with Crippen LogP contribution in [0.15, 0.2) is 24.3 Å². The van der Waals surface area contributed by atoms with Crippen molar-refractivity contribution in [3.05, 3.63) is 24.3 Å². The fourth-order valence-electron chi connectivity index (χ4n) is 2.82. The van der Waals surface area contributed by atoms with E-state index in [0.29, 0.717) is 6.04 Å². The van der Waals surface area contributed by atoms with Crippen LogP contribution in [-0.4, -0.2) is 25.7 Å². The van der Waals surface area contributed by atoms with Crippen LogP contribution in [0.25, 0.3) is 0 Å². The van der Waals surface area contributed by atoms with Crippen molar-refractivity contribution in [2.45, 2.75) is 57.9 Å². The van der Waals surface area contributed by atoms with Crippen molar-refractivity contribution >= 4 is 5.69 Å². The third-order valence-electron chi connectivity index (χ3n) is 4.24. The van der Waals surface area contributed by atoms with Gasteiger partial charge in [0.1, 0.15) is 5.75 Å². The van der Waals surface area contributed by atoms with Gasteiger partial charge in [0.25, 0.3) is 0 Å². The Balaban J connectivity index is 1.75. The number of unbranched alkanes of at least 4 members (excludes halogenated alkanes) is 4. The highest BCUT2D eigenvalue weighted by molar-refractivity contribution is 5.51. The van der Waals surface area contributed by atoms with Crippen molar-refractivity contribution < 1.29 is 4.74 Å². The molecule has 0 saturated carbocycles. The number of hydrogen-bond donors (Lipinski definition) is 1. The maximum Gasteiger partial charge on any atom is 0.121 e. The third-order valence-corrected chi connectivity index (χ3v) is 4.24. The Morgan fingerprint density at radius 2 is 1.90 bits per heavy atom. The Hall–Kier alpha value is -1.22. The molecule has 1 aliphatic rings. The van der Waals surface area contributed by atoms with E-state index in [4.69, 9.17) is 10.5 Å². The van der Waals surface area contributed by atoms with Gasteiger partial charge in [-0.15, -0.1) is 0 Å². The van der Waals surface area contributed by atoms with Crippen LogP contribution in [0.4, 0.5) is 5.69 Å². The molecule has 0 aromatic heterocycles. The lowest BCUT2D eigenvalue weighted by Gasteiger charge is -2.32. The number of nitrogens with zero attached hydrogens (tertiary/aromatic N) is 1. The molecule has 0 amide bonds. The molecule has 0 atom stereocenters. The summed E-state index contributed by atoms with van der Waals surface area (Å²) in [6.07, 6.45) is 8.56. The van der Waals surface area contributed by atoms with Crippen molar-refractivity contribution in [1.82, 2.24) is 0 Å². The van der Waals surface area contributed by atoms with Gasteiger partial charge in [0.2, 0.25) is 0 Å². The minimum Gasteiger partial charge on any atom is -0.494 e. The van der Waals surface area contributed by atoms with E-state index in [9.17, 15) is 0 Å². The van der Waals surface area contributed by atoms with Gasteiger partial charge in [-0.3, -0.25) is 0 Å². The standard InChI is InChI=1S/C18H30N2O/c1-2-3-4-5-6-14-21-18-9-7-8-17(15-18)20-12-10-16(19)11-13-20/h7-9,15-16H,2-6,10-14,19H2,1H3. The molecule has 1 saturated heterocycles. The topological polar surface area (TPSA) is 38.5 Å². The summed E-state index contributed by atoms with van der Waals surface area (Å²) in [6.45, 7) is 5.19. The predicted octanol–water partition coefficient (Wildman–Crippen LogP) is 3.96. The van der Waals surface area contributed by atoms with Crippen molar-refractivity contribution in [1.29, 1.82) is 0 Å². The second-order valence-electron chi connectivity index (χ2n) is 6.08. The van der Waals surface area contributed by atoms with Crippen LogP contribution in [0.2, 0.25) is 0 Å². The van der Waals surface area contributed by atoms with E-state index in [-0.39, 0.29) is 0 Å². The fraction of sp³-hybridized carbons (Fsp3) is 0.667. The second kappa shape index (κ2) is 8.93. The highest BCUT2D eigenvalue weighted by Crippen LogP contribution is 2.24. The number of anilines is 1. The molecule has 1 aromatic rings. The zero-order chi connectivity index (χ0) is 14.9. The Morgan fingerprint density at radius 3 is 2.67 bits per heavy atom. The van der Waals surface area contributed by atoms with Gasteiger partial charge < -0.3 is 15.4 Å². The van der Waals surface area contributed by atoms with Crippen molar-refractivity contribution in [3.63, 3.8) is 0 Å². The first-order valence-electron chi connectivity index (χ1n) is 8.53. The van der Waals surface area contributed by atoms with Gasteiger partial charge >= 0.3 is 0 Å². The van der Waals surface area contributed by atoms with Gasteiger partial charge in [-0.1, -0.05) is 38.7 Å². The smallest absolute Gasteiger partial charge is 0.121 e. The lowest BCUT2D eigenvalue weighted by Crippen LogP contribution is -2.39. The largest absolute Gasteiger partial charge is 0.494 e. The lowest BCUT2D eigenvalue weighted by molar-refractivity contribution is 0.304. The average Bonchev–Trinajstić information content (AvgIpc) is 2.52. The normalized spacial score (nSPS) is 16.2. The SMILES string of the molecule is CCCCCCCOc1cccc(N2CCC(N)CC2)c1. The average molecular weight is 290 g/mol.